The van der Waals surface area contributed by atoms with Crippen molar-refractivity contribution in [3.8, 4) is 17.2 Å². The molecule has 27 heavy (non-hydrogen) atoms. The standard InChI is InChI=1S/C19H16N6O2/c1-27-17-11-5-8-14(18(17)26)12-20-21-19-22-23-24-25(19)16-10-4-7-13-6-2-3-9-15(13)16/h2-12,26H,1H3,(H,21,22,24). The van der Waals surface area contributed by atoms with Gasteiger partial charge in [0.1, 0.15) is 0 Å². The molecule has 0 saturated heterocycles. The van der Waals surface area contributed by atoms with Crippen LogP contribution in [0.2, 0.25) is 0 Å². The molecular weight excluding hydrogens is 344 g/mol. The summed E-state index contributed by atoms with van der Waals surface area (Å²) < 4.78 is 6.66. The third-order valence-electron chi connectivity index (χ3n) is 4.08. The number of hydrogen-bond donors (Lipinski definition) is 2. The van der Waals surface area contributed by atoms with Gasteiger partial charge in [-0.05, 0) is 34.0 Å². The zero-order valence-corrected chi connectivity index (χ0v) is 14.4. The second-order valence-corrected chi connectivity index (χ2v) is 5.68. The van der Waals surface area contributed by atoms with Crippen molar-refractivity contribution in [2.75, 3.05) is 12.5 Å². The average Bonchev–Trinajstić information content (AvgIpc) is 3.17. The molecule has 134 valence electrons. The lowest BCUT2D eigenvalue weighted by Gasteiger charge is -2.08. The van der Waals surface area contributed by atoms with Gasteiger partial charge in [0.05, 0.1) is 19.0 Å². The van der Waals surface area contributed by atoms with Gasteiger partial charge >= 0.3 is 0 Å². The van der Waals surface area contributed by atoms with Crippen molar-refractivity contribution in [2.24, 2.45) is 5.10 Å². The van der Waals surface area contributed by atoms with Gasteiger partial charge in [0, 0.05) is 10.9 Å². The highest BCUT2D eigenvalue weighted by Gasteiger charge is 2.10. The lowest BCUT2D eigenvalue weighted by molar-refractivity contribution is 0.373. The van der Waals surface area contributed by atoms with Crippen molar-refractivity contribution in [1.82, 2.24) is 20.2 Å². The van der Waals surface area contributed by atoms with E-state index in [0.29, 0.717) is 17.3 Å². The number of aromatic hydroxyl groups is 1. The highest BCUT2D eigenvalue weighted by atomic mass is 16.5. The Hall–Kier alpha value is -3.94. The quantitative estimate of drug-likeness (QED) is 0.419. The van der Waals surface area contributed by atoms with Crippen LogP contribution in [0.15, 0.2) is 65.8 Å². The summed E-state index contributed by atoms with van der Waals surface area (Å²) in [6.07, 6.45) is 1.47. The summed E-state index contributed by atoms with van der Waals surface area (Å²) in [5.41, 5.74) is 4.15. The zero-order chi connectivity index (χ0) is 18.6. The summed E-state index contributed by atoms with van der Waals surface area (Å²) in [5.74, 6) is 0.740. The van der Waals surface area contributed by atoms with E-state index in [2.05, 4.69) is 26.1 Å². The molecule has 8 heteroatoms. The average molecular weight is 360 g/mol. The van der Waals surface area contributed by atoms with Gasteiger partial charge < -0.3 is 9.84 Å². The Labute approximate surface area is 154 Å². The van der Waals surface area contributed by atoms with Crippen molar-refractivity contribution in [3.63, 3.8) is 0 Å². The number of hydrazone groups is 1. The number of aromatic nitrogens is 4. The molecule has 0 aliphatic rings. The van der Waals surface area contributed by atoms with E-state index in [1.54, 1.807) is 22.9 Å². The van der Waals surface area contributed by atoms with Gasteiger partial charge in [-0.15, -0.1) is 0 Å². The number of hydrogen-bond acceptors (Lipinski definition) is 7. The molecule has 0 spiro atoms. The lowest BCUT2D eigenvalue weighted by Crippen LogP contribution is -2.04. The third-order valence-corrected chi connectivity index (χ3v) is 4.08. The van der Waals surface area contributed by atoms with Crippen LogP contribution in [0.1, 0.15) is 5.56 Å². The zero-order valence-electron chi connectivity index (χ0n) is 14.4. The first-order valence-corrected chi connectivity index (χ1v) is 8.19. The van der Waals surface area contributed by atoms with Crippen LogP contribution in [0.5, 0.6) is 11.5 Å². The number of nitrogens with zero attached hydrogens (tertiary/aromatic N) is 5. The molecule has 1 heterocycles. The lowest BCUT2D eigenvalue weighted by atomic mass is 10.1. The summed E-state index contributed by atoms with van der Waals surface area (Å²) >= 11 is 0. The van der Waals surface area contributed by atoms with Gasteiger partial charge in [-0.1, -0.05) is 47.6 Å². The molecule has 0 bridgehead atoms. The van der Waals surface area contributed by atoms with Crippen LogP contribution in [0.25, 0.3) is 16.5 Å². The van der Waals surface area contributed by atoms with Gasteiger partial charge in [-0.3, -0.25) is 0 Å². The molecule has 3 aromatic carbocycles. The highest BCUT2D eigenvalue weighted by molar-refractivity contribution is 5.90. The van der Waals surface area contributed by atoms with Gasteiger partial charge in [-0.2, -0.15) is 9.78 Å². The Balaban J connectivity index is 1.63. The molecule has 0 radical (unpaired) electrons. The molecule has 4 rings (SSSR count). The normalized spacial score (nSPS) is 11.1. The van der Waals surface area contributed by atoms with Crippen molar-refractivity contribution in [1.29, 1.82) is 0 Å². The van der Waals surface area contributed by atoms with Gasteiger partial charge in [-0.25, -0.2) is 5.43 Å². The molecule has 8 nitrogen and oxygen atoms in total. The van der Waals surface area contributed by atoms with Crippen molar-refractivity contribution in [3.05, 3.63) is 66.2 Å². The Morgan fingerprint density at radius 1 is 1.07 bits per heavy atom. The topological polar surface area (TPSA) is 97.5 Å². The molecule has 0 atom stereocenters. The monoisotopic (exact) mass is 360 g/mol. The first kappa shape index (κ1) is 16.5. The van der Waals surface area contributed by atoms with Crippen LogP contribution in [-0.4, -0.2) is 38.6 Å². The number of fused-ring (bicyclic) bond motifs is 1. The van der Waals surface area contributed by atoms with Gasteiger partial charge in [0.2, 0.25) is 0 Å². The Morgan fingerprint density at radius 3 is 2.78 bits per heavy atom. The number of nitrogens with one attached hydrogen (secondary N) is 1. The highest BCUT2D eigenvalue weighted by Crippen LogP contribution is 2.28. The largest absolute Gasteiger partial charge is 0.504 e. The van der Waals surface area contributed by atoms with Gasteiger partial charge in [0.25, 0.3) is 5.95 Å². The number of phenols is 1. The molecule has 0 fully saturated rings. The molecule has 1 aromatic heterocycles. The fraction of sp³-hybridized carbons (Fsp3) is 0.0526. The predicted molar refractivity (Wildman–Crippen MR) is 103 cm³/mol. The van der Waals surface area contributed by atoms with E-state index in [-0.39, 0.29) is 5.75 Å². The molecule has 2 N–H and O–H groups in total. The number of tetrazole rings is 1. The van der Waals surface area contributed by atoms with Crippen LogP contribution in [0.3, 0.4) is 0 Å². The summed E-state index contributed by atoms with van der Waals surface area (Å²) in [5, 5.41) is 28.1. The smallest absolute Gasteiger partial charge is 0.268 e. The Bertz CT molecular complexity index is 1120. The van der Waals surface area contributed by atoms with E-state index < -0.39 is 0 Å². The van der Waals surface area contributed by atoms with E-state index in [0.717, 1.165) is 16.5 Å². The maximum Gasteiger partial charge on any atom is 0.268 e. The molecule has 0 amide bonds. The van der Waals surface area contributed by atoms with Crippen molar-refractivity contribution >= 4 is 22.9 Å². The second kappa shape index (κ2) is 7.12. The molecular formula is C19H16N6O2. The molecule has 4 aromatic rings. The van der Waals surface area contributed by atoms with Crippen LogP contribution in [-0.2, 0) is 0 Å². The fourth-order valence-corrected chi connectivity index (χ4v) is 2.78. The summed E-state index contributed by atoms with van der Waals surface area (Å²) in [6.45, 7) is 0. The number of ether oxygens (including phenoxy) is 1. The summed E-state index contributed by atoms with van der Waals surface area (Å²) in [4.78, 5) is 0. The molecule has 0 saturated carbocycles. The summed E-state index contributed by atoms with van der Waals surface area (Å²) in [6, 6.07) is 19.0. The number of rotatable bonds is 5. The van der Waals surface area contributed by atoms with E-state index in [4.69, 9.17) is 4.74 Å². The number of benzene rings is 3. The van der Waals surface area contributed by atoms with Crippen LogP contribution in [0, 0.1) is 0 Å². The number of para-hydroxylation sites is 1. The van der Waals surface area contributed by atoms with E-state index in [1.165, 1.54) is 13.3 Å². The molecule has 0 unspecified atom stereocenters. The first-order chi connectivity index (χ1) is 13.3. The number of methoxy groups -OCH3 is 1. The fourth-order valence-electron chi connectivity index (χ4n) is 2.78. The van der Waals surface area contributed by atoms with Crippen molar-refractivity contribution in [2.45, 2.75) is 0 Å². The van der Waals surface area contributed by atoms with Crippen LogP contribution >= 0.6 is 0 Å². The number of phenolic OH excluding ortho intramolecular Hbond substituents is 1. The minimum atomic E-state index is 0.0131. The minimum absolute atomic E-state index is 0.0131. The van der Waals surface area contributed by atoms with Crippen LogP contribution in [0.4, 0.5) is 5.95 Å². The van der Waals surface area contributed by atoms with Gasteiger partial charge in [0.15, 0.2) is 11.5 Å². The van der Waals surface area contributed by atoms with E-state index in [9.17, 15) is 5.11 Å². The predicted octanol–water partition coefficient (Wildman–Crippen LogP) is 2.98. The molecule has 0 aliphatic carbocycles. The van der Waals surface area contributed by atoms with Crippen LogP contribution < -0.4 is 10.2 Å². The summed E-state index contributed by atoms with van der Waals surface area (Å²) in [7, 11) is 1.49. The SMILES string of the molecule is COc1cccc(C=NNc2nnnn2-c2cccc3ccccc23)c1O. The maximum absolute atomic E-state index is 10.1. The Kier molecular flexibility index (Phi) is 4.36. The maximum atomic E-state index is 10.1. The van der Waals surface area contributed by atoms with E-state index in [1.807, 2.05) is 42.5 Å². The van der Waals surface area contributed by atoms with E-state index >= 15 is 0 Å². The molecule has 0 aliphatic heterocycles. The first-order valence-electron chi connectivity index (χ1n) is 8.19. The Morgan fingerprint density at radius 2 is 1.89 bits per heavy atom. The number of anilines is 1. The second-order valence-electron chi connectivity index (χ2n) is 5.68. The minimum Gasteiger partial charge on any atom is -0.504 e. The van der Waals surface area contributed by atoms with Crippen molar-refractivity contribution < 1.29 is 9.84 Å². The third kappa shape index (κ3) is 3.15.